The largest absolute Gasteiger partial charge is 0.377 e. The maximum absolute atomic E-state index is 5.60. The Bertz CT molecular complexity index is 147. The minimum Gasteiger partial charge on any atom is -0.377 e. The number of nitrogens with one attached hydrogen (secondary N) is 1. The quantitative estimate of drug-likeness (QED) is 0.707. The van der Waals surface area contributed by atoms with Crippen molar-refractivity contribution < 1.29 is 4.74 Å². The van der Waals surface area contributed by atoms with E-state index in [2.05, 4.69) is 17.1 Å². The molecule has 88 valence electrons. The van der Waals surface area contributed by atoms with E-state index in [0.717, 1.165) is 12.6 Å². The zero-order chi connectivity index (χ0) is 10.3. The average Bonchev–Trinajstić information content (AvgIpc) is 2.88. The van der Waals surface area contributed by atoms with Gasteiger partial charge in [0.1, 0.15) is 0 Å². The van der Waals surface area contributed by atoms with Crippen LogP contribution in [-0.4, -0.2) is 36.8 Å². The summed E-state index contributed by atoms with van der Waals surface area (Å²) in [6.45, 7) is 2.24. The molecule has 0 radical (unpaired) electrons. The van der Waals surface area contributed by atoms with Crippen molar-refractivity contribution in [3.8, 4) is 0 Å². The molecule has 0 spiro atoms. The first-order valence-electron chi connectivity index (χ1n) is 6.38. The van der Waals surface area contributed by atoms with Gasteiger partial charge < -0.3 is 10.1 Å². The van der Waals surface area contributed by atoms with Crippen LogP contribution in [0.2, 0.25) is 0 Å². The molecule has 2 rings (SSSR count). The Hall–Kier alpha value is 0.270. The summed E-state index contributed by atoms with van der Waals surface area (Å²) in [7, 11) is 0. The fourth-order valence-electron chi connectivity index (χ4n) is 2.43. The van der Waals surface area contributed by atoms with Gasteiger partial charge in [0, 0.05) is 18.4 Å². The van der Waals surface area contributed by atoms with Crippen LogP contribution in [0.1, 0.15) is 38.5 Å². The fraction of sp³-hybridized carbons (Fsp3) is 1.00. The second-order valence-electron chi connectivity index (χ2n) is 4.65. The molecular weight excluding hydrogens is 206 g/mol. The van der Waals surface area contributed by atoms with E-state index in [1.165, 1.54) is 56.6 Å². The monoisotopic (exact) mass is 229 g/mol. The third-order valence-electron chi connectivity index (χ3n) is 3.33. The Morgan fingerprint density at radius 3 is 3.00 bits per heavy atom. The van der Waals surface area contributed by atoms with E-state index in [4.69, 9.17) is 4.74 Å². The first-order valence-corrected chi connectivity index (χ1v) is 7.53. The highest BCUT2D eigenvalue weighted by atomic mass is 32.2. The molecule has 1 N–H and O–H groups in total. The van der Waals surface area contributed by atoms with Crippen molar-refractivity contribution in [2.24, 2.45) is 0 Å². The van der Waals surface area contributed by atoms with Crippen molar-refractivity contribution in [1.29, 1.82) is 0 Å². The number of ether oxygens (including phenoxy) is 1. The van der Waals surface area contributed by atoms with Crippen molar-refractivity contribution in [1.82, 2.24) is 5.32 Å². The van der Waals surface area contributed by atoms with Gasteiger partial charge in [-0.3, -0.25) is 0 Å². The van der Waals surface area contributed by atoms with Crippen LogP contribution in [-0.2, 0) is 4.74 Å². The molecule has 0 aliphatic carbocycles. The molecule has 2 aliphatic rings. The highest BCUT2D eigenvalue weighted by Gasteiger charge is 2.15. The molecule has 2 atom stereocenters. The summed E-state index contributed by atoms with van der Waals surface area (Å²) in [5, 5.41) is 3.55. The molecule has 2 aliphatic heterocycles. The van der Waals surface area contributed by atoms with Gasteiger partial charge in [-0.05, 0) is 50.8 Å². The summed E-state index contributed by atoms with van der Waals surface area (Å²) >= 11 is 2.08. The van der Waals surface area contributed by atoms with Crippen LogP contribution in [0.4, 0.5) is 0 Å². The molecule has 3 heteroatoms. The van der Waals surface area contributed by atoms with E-state index in [-0.39, 0.29) is 0 Å². The molecule has 0 amide bonds. The molecule has 2 fully saturated rings. The molecule has 2 unspecified atom stereocenters. The van der Waals surface area contributed by atoms with E-state index in [9.17, 15) is 0 Å². The highest BCUT2D eigenvalue weighted by Crippen LogP contribution is 2.19. The first-order chi connectivity index (χ1) is 7.45. The van der Waals surface area contributed by atoms with E-state index in [0.29, 0.717) is 6.10 Å². The smallest absolute Gasteiger partial charge is 0.0666 e. The Morgan fingerprint density at radius 2 is 2.27 bits per heavy atom. The van der Waals surface area contributed by atoms with E-state index < -0.39 is 0 Å². The van der Waals surface area contributed by atoms with E-state index in [1.807, 2.05) is 0 Å². The molecule has 0 aromatic rings. The van der Waals surface area contributed by atoms with Gasteiger partial charge in [0.05, 0.1) is 6.10 Å². The Morgan fingerprint density at radius 1 is 1.27 bits per heavy atom. The summed E-state index contributed by atoms with van der Waals surface area (Å²) in [5.74, 6) is 2.54. The molecule has 2 saturated heterocycles. The second kappa shape index (κ2) is 6.77. The van der Waals surface area contributed by atoms with Crippen LogP contribution in [0, 0.1) is 0 Å². The lowest BCUT2D eigenvalue weighted by atomic mass is 10.1. The first kappa shape index (κ1) is 11.7. The number of rotatable bonds is 6. The minimum atomic E-state index is 0.569. The summed E-state index contributed by atoms with van der Waals surface area (Å²) < 4.78 is 5.60. The predicted octanol–water partition coefficient (Wildman–Crippen LogP) is 2.43. The summed E-state index contributed by atoms with van der Waals surface area (Å²) in [4.78, 5) is 0. The molecular formula is C12H23NOS. The van der Waals surface area contributed by atoms with Crippen LogP contribution in [0.3, 0.4) is 0 Å². The van der Waals surface area contributed by atoms with Crippen molar-refractivity contribution in [3.63, 3.8) is 0 Å². The van der Waals surface area contributed by atoms with Gasteiger partial charge >= 0.3 is 0 Å². The van der Waals surface area contributed by atoms with Crippen LogP contribution in [0.25, 0.3) is 0 Å². The molecule has 15 heavy (non-hydrogen) atoms. The summed E-state index contributed by atoms with van der Waals surface area (Å²) in [6.07, 6.45) is 8.66. The van der Waals surface area contributed by atoms with Gasteiger partial charge in [-0.1, -0.05) is 0 Å². The zero-order valence-electron chi connectivity index (χ0n) is 9.54. The molecule has 2 heterocycles. The third kappa shape index (κ3) is 4.33. The normalized spacial score (nSPS) is 31.2. The Kier molecular flexibility index (Phi) is 5.30. The van der Waals surface area contributed by atoms with Crippen molar-refractivity contribution in [2.75, 3.05) is 24.7 Å². The standard InChI is InChI=1S/C12H23NOS/c1-4-11(13-7-1)5-3-9-15-10-12-6-2-8-14-12/h11-13H,1-10H2. The summed E-state index contributed by atoms with van der Waals surface area (Å²) in [5.41, 5.74) is 0. The second-order valence-corrected chi connectivity index (χ2v) is 5.80. The van der Waals surface area contributed by atoms with Crippen LogP contribution in [0.5, 0.6) is 0 Å². The van der Waals surface area contributed by atoms with Crippen LogP contribution < -0.4 is 5.32 Å². The van der Waals surface area contributed by atoms with Gasteiger partial charge in [0.2, 0.25) is 0 Å². The zero-order valence-corrected chi connectivity index (χ0v) is 10.4. The maximum Gasteiger partial charge on any atom is 0.0666 e. The van der Waals surface area contributed by atoms with Crippen LogP contribution in [0.15, 0.2) is 0 Å². The number of hydrogen-bond acceptors (Lipinski definition) is 3. The van der Waals surface area contributed by atoms with Gasteiger partial charge in [-0.15, -0.1) is 0 Å². The topological polar surface area (TPSA) is 21.3 Å². The SMILES string of the molecule is C1CNC(CCCSCC2CCCO2)C1. The number of thioether (sulfide) groups is 1. The lowest BCUT2D eigenvalue weighted by molar-refractivity contribution is 0.129. The lowest BCUT2D eigenvalue weighted by Crippen LogP contribution is -2.21. The van der Waals surface area contributed by atoms with Crippen LogP contribution >= 0.6 is 11.8 Å². The lowest BCUT2D eigenvalue weighted by Gasteiger charge is -2.11. The molecule has 0 aromatic carbocycles. The fourth-order valence-corrected chi connectivity index (χ4v) is 3.49. The van der Waals surface area contributed by atoms with Gasteiger partial charge in [0.15, 0.2) is 0 Å². The average molecular weight is 229 g/mol. The molecule has 0 bridgehead atoms. The Balaban J connectivity index is 1.41. The molecule has 0 aromatic heterocycles. The van der Waals surface area contributed by atoms with Gasteiger partial charge in [0.25, 0.3) is 0 Å². The van der Waals surface area contributed by atoms with E-state index >= 15 is 0 Å². The van der Waals surface area contributed by atoms with Crippen molar-refractivity contribution in [3.05, 3.63) is 0 Å². The predicted molar refractivity (Wildman–Crippen MR) is 66.6 cm³/mol. The maximum atomic E-state index is 5.60. The number of hydrogen-bond donors (Lipinski definition) is 1. The van der Waals surface area contributed by atoms with Crippen molar-refractivity contribution in [2.45, 2.75) is 50.7 Å². The molecule has 0 saturated carbocycles. The van der Waals surface area contributed by atoms with Gasteiger partial charge in [-0.25, -0.2) is 0 Å². The third-order valence-corrected chi connectivity index (χ3v) is 4.52. The summed E-state index contributed by atoms with van der Waals surface area (Å²) in [6, 6.07) is 0.827. The van der Waals surface area contributed by atoms with Crippen molar-refractivity contribution >= 4 is 11.8 Å². The van der Waals surface area contributed by atoms with E-state index in [1.54, 1.807) is 0 Å². The molecule has 2 nitrogen and oxygen atoms in total. The Labute approximate surface area is 97.5 Å². The minimum absolute atomic E-state index is 0.569. The highest BCUT2D eigenvalue weighted by molar-refractivity contribution is 7.99. The van der Waals surface area contributed by atoms with Gasteiger partial charge in [-0.2, -0.15) is 11.8 Å².